The Morgan fingerprint density at radius 2 is 0.667 bits per heavy atom. The van der Waals surface area contributed by atoms with Crippen molar-refractivity contribution >= 4 is 20.6 Å². The van der Waals surface area contributed by atoms with E-state index in [9.17, 15) is 0 Å². The Bertz CT molecular complexity index is 7.51. The fourth-order valence-corrected chi connectivity index (χ4v) is 0. The zero-order valence-electron chi connectivity index (χ0n) is 2.61. The van der Waals surface area contributed by atoms with Crippen molar-refractivity contribution in [1.82, 2.24) is 0 Å². The molecule has 0 atom stereocenters. The molecule has 0 spiro atoms. The molecule has 0 N–H and O–H groups in total. The predicted molar refractivity (Wildman–Crippen MR) is 15.2 cm³/mol. The standard InChI is InChI=1S/2S.4V. The van der Waals surface area contributed by atoms with E-state index in [1.807, 2.05) is 31.4 Å². The van der Waals surface area contributed by atoms with Crippen molar-refractivity contribution in [3.05, 3.63) is 0 Å². The van der Waals surface area contributed by atoms with Crippen LogP contribution in [0.4, 0.5) is 0 Å². The van der Waals surface area contributed by atoms with Gasteiger partial charge in [-0.2, -0.15) is 0 Å². The summed E-state index contributed by atoms with van der Waals surface area (Å²) >= 11 is 3.79. The molecule has 0 unspecified atom stereocenters. The fraction of sp³-hybridized carbons (Fsp3) is 0. The zero-order chi connectivity index (χ0) is 4.00. The Labute approximate surface area is 87.7 Å². The molecule has 0 aliphatic carbocycles. The summed E-state index contributed by atoms with van der Waals surface area (Å²) in [6.07, 6.45) is 0. The SMILES string of the molecule is [S]=[V].[S]=[V].[V].[V]. The van der Waals surface area contributed by atoms with Gasteiger partial charge in [-0.3, -0.25) is 0 Å². The average molecular weight is 268 g/mol. The van der Waals surface area contributed by atoms with Crippen LogP contribution in [0.3, 0.4) is 0 Å². The maximum absolute atomic E-state index is 4.02. The Morgan fingerprint density at radius 3 is 0.667 bits per heavy atom. The molecule has 0 rings (SSSR count). The van der Waals surface area contributed by atoms with Gasteiger partial charge >= 0.3 is 52.0 Å². The second-order valence-electron chi connectivity index (χ2n) is 0. The smallest absolute Gasteiger partial charge is 0 e. The minimum absolute atomic E-state index is 0. The Hall–Kier alpha value is 2.78. The van der Waals surface area contributed by atoms with Crippen LogP contribution in [0, 0.1) is 0 Å². The molecule has 0 heterocycles. The van der Waals surface area contributed by atoms with Gasteiger partial charge in [0.2, 0.25) is 0 Å². The Morgan fingerprint density at radius 1 is 0.667 bits per heavy atom. The second kappa shape index (κ2) is 46.3. The van der Waals surface area contributed by atoms with Gasteiger partial charge in [-0.25, -0.2) is 0 Å². The molecule has 0 saturated carbocycles. The van der Waals surface area contributed by atoms with Crippen LogP contribution in [0.2, 0.25) is 0 Å². The molecular weight excluding hydrogens is 268 g/mol. The first-order chi connectivity index (χ1) is 2.00. The number of rotatable bonds is 0. The topological polar surface area (TPSA) is 0 Å². The molecule has 0 aliphatic heterocycles. The monoisotopic (exact) mass is 268 g/mol. The van der Waals surface area contributed by atoms with Gasteiger partial charge in [0.15, 0.2) is 0 Å². The molecule has 0 amide bonds. The summed E-state index contributed by atoms with van der Waals surface area (Å²) in [5, 5.41) is 0. The minimum atomic E-state index is 0. The normalized spacial score (nSPS) is 1.00. The largest absolute Gasteiger partial charge is 0 e. The third-order valence-electron chi connectivity index (χ3n) is 0. The van der Waals surface area contributed by atoms with E-state index in [4.69, 9.17) is 0 Å². The van der Waals surface area contributed by atoms with E-state index in [0.717, 1.165) is 0 Å². The van der Waals surface area contributed by atoms with Crippen LogP contribution >= 0.6 is 20.6 Å². The predicted octanol–water partition coefficient (Wildman–Crippen LogP) is 1.29. The molecule has 2 radical (unpaired) electrons. The maximum Gasteiger partial charge on any atom is 0 e. The van der Waals surface area contributed by atoms with E-state index in [0.29, 0.717) is 0 Å². The van der Waals surface area contributed by atoms with Gasteiger partial charge in [-0.05, 0) is 0 Å². The molecule has 6 heteroatoms. The van der Waals surface area contributed by atoms with E-state index >= 15 is 0 Å². The number of hydrogen-bond acceptors (Lipinski definition) is 2. The van der Waals surface area contributed by atoms with Crippen LogP contribution in [0.5, 0.6) is 0 Å². The quantitative estimate of drug-likeness (QED) is 0.649. The second-order valence-corrected chi connectivity index (χ2v) is 0. The third-order valence-corrected chi connectivity index (χ3v) is 0. The summed E-state index contributed by atoms with van der Waals surface area (Å²) in [7, 11) is 8.04. The molecule has 0 bridgehead atoms. The summed E-state index contributed by atoms with van der Waals surface area (Å²) in [6, 6.07) is 0. The average Bonchev–Trinajstić information content (AvgIpc) is 1.50. The molecule has 0 saturated heterocycles. The van der Waals surface area contributed by atoms with E-state index in [1.165, 1.54) is 0 Å². The molecular formula is S2V4. The van der Waals surface area contributed by atoms with E-state index in [-0.39, 0.29) is 37.1 Å². The molecule has 0 aliphatic rings. The van der Waals surface area contributed by atoms with Crippen molar-refractivity contribution in [3.8, 4) is 0 Å². The molecule has 0 fully saturated rings. The van der Waals surface area contributed by atoms with Crippen LogP contribution < -0.4 is 0 Å². The van der Waals surface area contributed by atoms with Gasteiger partial charge in [0, 0.05) is 37.1 Å². The first-order valence-corrected chi connectivity index (χ1v) is 4.52. The summed E-state index contributed by atoms with van der Waals surface area (Å²) in [6.45, 7) is 0. The minimum Gasteiger partial charge on any atom is 0 e. The van der Waals surface area contributed by atoms with E-state index in [1.54, 1.807) is 0 Å². The summed E-state index contributed by atoms with van der Waals surface area (Å²) < 4.78 is 0. The summed E-state index contributed by atoms with van der Waals surface area (Å²) in [5.74, 6) is 0. The van der Waals surface area contributed by atoms with Crippen molar-refractivity contribution in [3.63, 3.8) is 0 Å². The molecule has 0 aromatic rings. The first-order valence-electron chi connectivity index (χ1n) is 0.365. The van der Waals surface area contributed by atoms with Crippen LogP contribution in [-0.4, -0.2) is 0 Å². The van der Waals surface area contributed by atoms with Gasteiger partial charge in [-0.1, -0.05) is 0 Å². The summed E-state index contributed by atoms with van der Waals surface area (Å²) in [4.78, 5) is 0. The van der Waals surface area contributed by atoms with E-state index < -0.39 is 0 Å². The van der Waals surface area contributed by atoms with Crippen LogP contribution in [0.1, 0.15) is 0 Å². The van der Waals surface area contributed by atoms with Crippen molar-refractivity contribution in [2.75, 3.05) is 0 Å². The van der Waals surface area contributed by atoms with Gasteiger partial charge in [-0.15, -0.1) is 0 Å². The van der Waals surface area contributed by atoms with Gasteiger partial charge < -0.3 is 0 Å². The zero-order valence-corrected chi connectivity index (χ0v) is 9.83. The molecule has 6 heavy (non-hydrogen) atoms. The van der Waals surface area contributed by atoms with Crippen molar-refractivity contribution in [2.24, 2.45) is 0 Å². The van der Waals surface area contributed by atoms with Gasteiger partial charge in [0.25, 0.3) is 0 Å². The third kappa shape index (κ3) is 29.3. The molecule has 0 nitrogen and oxygen atoms in total. The van der Waals surface area contributed by atoms with Gasteiger partial charge in [0.1, 0.15) is 0 Å². The first kappa shape index (κ1) is 23.3. The van der Waals surface area contributed by atoms with Gasteiger partial charge in [0.05, 0.1) is 0 Å². The van der Waals surface area contributed by atoms with Crippen molar-refractivity contribution in [2.45, 2.75) is 0 Å². The van der Waals surface area contributed by atoms with E-state index in [2.05, 4.69) is 20.6 Å². The fourth-order valence-electron chi connectivity index (χ4n) is 0. The van der Waals surface area contributed by atoms with Crippen molar-refractivity contribution < 1.29 is 68.6 Å². The Kier molecular flexibility index (Phi) is 180. The maximum atomic E-state index is 4.02. The van der Waals surface area contributed by atoms with Crippen molar-refractivity contribution in [1.29, 1.82) is 0 Å². The Balaban J connectivity index is -0.00000000500. The molecule has 32 valence electrons. The van der Waals surface area contributed by atoms with Crippen LogP contribution in [0.15, 0.2) is 0 Å². The number of hydrogen-bond donors (Lipinski definition) is 0. The summed E-state index contributed by atoms with van der Waals surface area (Å²) in [5.41, 5.74) is 0. The molecule has 0 aromatic heterocycles. The molecule has 0 aromatic carbocycles. The van der Waals surface area contributed by atoms with Crippen LogP contribution in [-0.2, 0) is 68.6 Å². The van der Waals surface area contributed by atoms with Crippen LogP contribution in [0.25, 0.3) is 0 Å².